The lowest BCUT2D eigenvalue weighted by atomic mass is 10.1. The Bertz CT molecular complexity index is 311. The summed E-state index contributed by atoms with van der Waals surface area (Å²) in [5.41, 5.74) is 0. The van der Waals surface area contributed by atoms with Gasteiger partial charge >= 0.3 is 0 Å². The van der Waals surface area contributed by atoms with Crippen LogP contribution in [0.25, 0.3) is 0 Å². The highest BCUT2D eigenvalue weighted by molar-refractivity contribution is 4.81. The number of morpholine rings is 1. The molecule has 0 bridgehead atoms. The van der Waals surface area contributed by atoms with Gasteiger partial charge in [-0.1, -0.05) is 70.4 Å². The molecule has 148 valence electrons. The maximum absolute atomic E-state index is 12.3. The number of hydrogen-bond acceptors (Lipinski definition) is 2. The molecule has 1 rings (SSSR count). The number of quaternary nitrogens is 1. The van der Waals surface area contributed by atoms with Gasteiger partial charge in [0.25, 0.3) is 0 Å². The minimum atomic E-state index is -0.0105. The molecule has 1 saturated heterocycles. The number of nitrogens with zero attached hydrogens (tertiary/aromatic N) is 1. The average Bonchev–Trinajstić information content (AvgIpc) is 2.62. The van der Waals surface area contributed by atoms with E-state index in [-0.39, 0.29) is 4.65 Å². The monoisotopic (exact) mass is 353 g/mol. The topological polar surface area (TPSA) is 32.3 Å². The predicted molar refractivity (Wildman–Crippen MR) is 108 cm³/mol. The molecule has 0 aromatic heterocycles. The number of ether oxygens (including phenoxy) is 1. The van der Waals surface area contributed by atoms with Gasteiger partial charge in [0.2, 0.25) is 0 Å². The van der Waals surface area contributed by atoms with Crippen LogP contribution in [-0.2, 0) is 4.74 Å². The van der Waals surface area contributed by atoms with E-state index < -0.39 is 0 Å². The first-order chi connectivity index (χ1) is 12.3. The summed E-state index contributed by atoms with van der Waals surface area (Å²) in [6.45, 7) is 5.68. The zero-order valence-electron chi connectivity index (χ0n) is 16.9. The molecule has 25 heavy (non-hydrogen) atoms. The fourth-order valence-corrected chi connectivity index (χ4v) is 3.55. The Morgan fingerprint density at radius 3 is 1.76 bits per heavy atom. The first kappa shape index (κ1) is 22.7. The summed E-state index contributed by atoms with van der Waals surface area (Å²) in [4.78, 5) is 0. The van der Waals surface area contributed by atoms with E-state index in [9.17, 15) is 5.21 Å². The maximum Gasteiger partial charge on any atom is 0.102 e. The second-order valence-electron chi connectivity index (χ2n) is 7.78. The van der Waals surface area contributed by atoms with Crippen LogP contribution in [-0.4, -0.2) is 37.5 Å². The van der Waals surface area contributed by atoms with E-state index in [1.54, 1.807) is 0 Å². The Morgan fingerprint density at radius 2 is 1.20 bits per heavy atom. The molecule has 0 saturated carbocycles. The van der Waals surface area contributed by atoms with Crippen molar-refractivity contribution in [1.29, 1.82) is 0 Å². The van der Waals surface area contributed by atoms with Crippen molar-refractivity contribution in [2.24, 2.45) is 0 Å². The van der Waals surface area contributed by atoms with E-state index in [0.29, 0.717) is 26.3 Å². The molecule has 0 atom stereocenters. The Labute approximate surface area is 157 Å². The third-order valence-corrected chi connectivity index (χ3v) is 5.36. The summed E-state index contributed by atoms with van der Waals surface area (Å²) in [5, 5.41) is 12.3. The van der Waals surface area contributed by atoms with Crippen LogP contribution in [0.15, 0.2) is 12.2 Å². The Balaban J connectivity index is 1.77. The third kappa shape index (κ3) is 13.5. The van der Waals surface area contributed by atoms with Crippen LogP contribution < -0.4 is 0 Å². The molecule has 3 heteroatoms. The normalized spacial score (nSPS) is 17.4. The molecule has 3 nitrogen and oxygen atoms in total. The average molecular weight is 354 g/mol. The highest BCUT2D eigenvalue weighted by Gasteiger charge is 2.20. The molecular formula is C22H43NO2. The summed E-state index contributed by atoms with van der Waals surface area (Å²) in [7, 11) is 0. The summed E-state index contributed by atoms with van der Waals surface area (Å²) in [6.07, 6.45) is 23.2. The molecule has 0 unspecified atom stereocenters. The summed E-state index contributed by atoms with van der Waals surface area (Å²) in [5.74, 6) is 0. The van der Waals surface area contributed by atoms with Gasteiger partial charge in [0.05, 0.1) is 19.8 Å². The molecule has 0 radical (unpaired) electrons. The number of unbranched alkanes of at least 4 members (excludes halogenated alkanes) is 12. The van der Waals surface area contributed by atoms with Gasteiger partial charge < -0.3 is 14.6 Å². The zero-order valence-corrected chi connectivity index (χ0v) is 16.9. The lowest BCUT2D eigenvalue weighted by Crippen LogP contribution is -2.50. The largest absolute Gasteiger partial charge is 0.633 e. The van der Waals surface area contributed by atoms with Gasteiger partial charge in [-0.3, -0.25) is 0 Å². The van der Waals surface area contributed by atoms with E-state index in [4.69, 9.17) is 4.74 Å². The molecule has 0 amide bonds. The van der Waals surface area contributed by atoms with Crippen molar-refractivity contribution in [2.45, 2.75) is 96.8 Å². The number of hydroxylamine groups is 3. The van der Waals surface area contributed by atoms with Gasteiger partial charge in [-0.05, 0) is 38.5 Å². The van der Waals surface area contributed by atoms with E-state index in [0.717, 1.165) is 13.0 Å². The molecule has 0 aliphatic carbocycles. The van der Waals surface area contributed by atoms with Crippen molar-refractivity contribution in [3.63, 3.8) is 0 Å². The third-order valence-electron chi connectivity index (χ3n) is 5.36. The van der Waals surface area contributed by atoms with E-state index in [2.05, 4.69) is 19.1 Å². The Kier molecular flexibility index (Phi) is 14.4. The number of allylic oxidation sites excluding steroid dienone is 2. The minimum absolute atomic E-state index is 0.0105. The highest BCUT2D eigenvalue weighted by atomic mass is 16.6. The Hall–Kier alpha value is -0.380. The van der Waals surface area contributed by atoms with Gasteiger partial charge in [-0.2, -0.15) is 0 Å². The van der Waals surface area contributed by atoms with Crippen molar-refractivity contribution in [3.8, 4) is 0 Å². The molecule has 1 heterocycles. The van der Waals surface area contributed by atoms with E-state index >= 15 is 0 Å². The van der Waals surface area contributed by atoms with Gasteiger partial charge in [0, 0.05) is 0 Å². The fourth-order valence-electron chi connectivity index (χ4n) is 3.55. The lowest BCUT2D eigenvalue weighted by molar-refractivity contribution is -0.888. The van der Waals surface area contributed by atoms with Gasteiger partial charge in [0.15, 0.2) is 0 Å². The van der Waals surface area contributed by atoms with Gasteiger partial charge in [0.1, 0.15) is 13.1 Å². The second-order valence-corrected chi connectivity index (χ2v) is 7.78. The fraction of sp³-hybridized carbons (Fsp3) is 0.909. The SMILES string of the molecule is CCCCCCCCC=CCCCCCCCC[N+]1([O-])CCOCC1. The highest BCUT2D eigenvalue weighted by Crippen LogP contribution is 2.14. The van der Waals surface area contributed by atoms with E-state index in [1.165, 1.54) is 83.5 Å². The minimum Gasteiger partial charge on any atom is -0.633 e. The molecule has 0 aromatic rings. The molecule has 0 spiro atoms. The van der Waals surface area contributed by atoms with Crippen LogP contribution >= 0.6 is 0 Å². The van der Waals surface area contributed by atoms with Crippen LogP contribution in [0.1, 0.15) is 96.8 Å². The Morgan fingerprint density at radius 1 is 0.720 bits per heavy atom. The quantitative estimate of drug-likeness (QED) is 0.140. The van der Waals surface area contributed by atoms with Crippen LogP contribution in [0, 0.1) is 5.21 Å². The van der Waals surface area contributed by atoms with Gasteiger partial charge in [-0.15, -0.1) is 0 Å². The van der Waals surface area contributed by atoms with Crippen molar-refractivity contribution < 1.29 is 9.38 Å². The van der Waals surface area contributed by atoms with Crippen LogP contribution in [0.3, 0.4) is 0 Å². The van der Waals surface area contributed by atoms with E-state index in [1.807, 2.05) is 0 Å². The van der Waals surface area contributed by atoms with Crippen LogP contribution in [0.2, 0.25) is 0 Å². The molecule has 0 aromatic carbocycles. The lowest BCUT2D eigenvalue weighted by Gasteiger charge is -2.45. The number of rotatable bonds is 16. The van der Waals surface area contributed by atoms with Crippen LogP contribution in [0.4, 0.5) is 0 Å². The second kappa shape index (κ2) is 15.8. The predicted octanol–water partition coefficient (Wildman–Crippen LogP) is 6.37. The van der Waals surface area contributed by atoms with Crippen LogP contribution in [0.5, 0.6) is 0 Å². The molecule has 1 aliphatic heterocycles. The summed E-state index contributed by atoms with van der Waals surface area (Å²) < 4.78 is 5.27. The summed E-state index contributed by atoms with van der Waals surface area (Å²) >= 11 is 0. The number of hydrogen-bond donors (Lipinski definition) is 0. The van der Waals surface area contributed by atoms with Crippen molar-refractivity contribution in [1.82, 2.24) is 0 Å². The molecule has 1 aliphatic rings. The van der Waals surface area contributed by atoms with Crippen molar-refractivity contribution in [2.75, 3.05) is 32.8 Å². The molecule has 1 fully saturated rings. The first-order valence-corrected chi connectivity index (χ1v) is 11.1. The molecular weight excluding hydrogens is 310 g/mol. The van der Waals surface area contributed by atoms with Gasteiger partial charge in [-0.25, -0.2) is 0 Å². The molecule has 0 N–H and O–H groups in total. The summed E-state index contributed by atoms with van der Waals surface area (Å²) in [6, 6.07) is 0. The zero-order chi connectivity index (χ0) is 18.1. The standard InChI is InChI=1S/C22H43NO2/c1-2-3-4-5-6-7-8-9-10-11-12-13-14-15-16-17-18-23(24)19-21-25-22-20-23/h9-10H,2-8,11-22H2,1H3. The van der Waals surface area contributed by atoms with Crippen molar-refractivity contribution >= 4 is 0 Å². The first-order valence-electron chi connectivity index (χ1n) is 11.1. The maximum atomic E-state index is 12.3. The van der Waals surface area contributed by atoms with Crippen molar-refractivity contribution in [3.05, 3.63) is 17.4 Å². The smallest absolute Gasteiger partial charge is 0.102 e.